The smallest absolute Gasteiger partial charge is 0.146 e. The minimum Gasteiger partial charge on any atom is -0.491 e. The van der Waals surface area contributed by atoms with Gasteiger partial charge in [0.05, 0.1) is 5.69 Å². The number of hydrogen-bond acceptors (Lipinski definition) is 4. The van der Waals surface area contributed by atoms with Crippen molar-refractivity contribution in [3.8, 4) is 5.75 Å². The van der Waals surface area contributed by atoms with Crippen LogP contribution < -0.4 is 9.64 Å². The summed E-state index contributed by atoms with van der Waals surface area (Å²) in [7, 11) is 0. The molecule has 5 heteroatoms. The van der Waals surface area contributed by atoms with Crippen LogP contribution in [0.5, 0.6) is 5.75 Å². The third-order valence-electron chi connectivity index (χ3n) is 4.22. The van der Waals surface area contributed by atoms with E-state index in [9.17, 15) is 9.50 Å². The van der Waals surface area contributed by atoms with Crippen molar-refractivity contribution in [2.45, 2.75) is 6.10 Å². The Labute approximate surface area is 142 Å². The van der Waals surface area contributed by atoms with Crippen LogP contribution in [-0.4, -0.2) is 55.4 Å². The number of nitrogens with zero attached hydrogens (tertiary/aromatic N) is 2. The first kappa shape index (κ1) is 16.7. The summed E-state index contributed by atoms with van der Waals surface area (Å²) in [4.78, 5) is 4.25. The molecule has 24 heavy (non-hydrogen) atoms. The Hall–Kier alpha value is -2.11. The lowest BCUT2D eigenvalue weighted by atomic mass is 10.2. The average molecular weight is 330 g/mol. The third-order valence-corrected chi connectivity index (χ3v) is 4.22. The first-order valence-corrected chi connectivity index (χ1v) is 8.30. The molecule has 0 aromatic heterocycles. The highest BCUT2D eigenvalue weighted by molar-refractivity contribution is 5.47. The molecule has 1 aliphatic heterocycles. The molecule has 1 aliphatic rings. The lowest BCUT2D eigenvalue weighted by molar-refractivity contribution is 0.0662. The van der Waals surface area contributed by atoms with E-state index in [0.717, 1.165) is 31.9 Å². The van der Waals surface area contributed by atoms with Crippen molar-refractivity contribution in [3.63, 3.8) is 0 Å². The molecule has 2 aromatic rings. The molecule has 3 rings (SSSR count). The molecule has 128 valence electrons. The molecule has 1 heterocycles. The van der Waals surface area contributed by atoms with Crippen molar-refractivity contribution in [1.82, 2.24) is 4.90 Å². The number of aliphatic hydroxyl groups excluding tert-OH is 1. The largest absolute Gasteiger partial charge is 0.491 e. The standard InChI is InChI=1S/C19H23FN2O2/c20-18-8-4-5-9-19(18)22-12-10-21(11-13-22)14-16(23)15-24-17-6-2-1-3-7-17/h1-9,16,23H,10-15H2/t16-/m1/s1. The van der Waals surface area contributed by atoms with E-state index in [1.807, 2.05) is 42.5 Å². The molecule has 0 aliphatic carbocycles. The zero-order valence-electron chi connectivity index (χ0n) is 13.6. The van der Waals surface area contributed by atoms with Crippen LogP contribution in [0.1, 0.15) is 0 Å². The molecule has 0 spiro atoms. The fourth-order valence-electron chi connectivity index (χ4n) is 2.94. The number of β-amino-alcohol motifs (C(OH)–C–C–N with tert-alkyl or cyclic N) is 1. The Morgan fingerprint density at radius 2 is 1.62 bits per heavy atom. The topological polar surface area (TPSA) is 35.9 Å². The van der Waals surface area contributed by atoms with Crippen LogP contribution in [0.4, 0.5) is 10.1 Å². The van der Waals surface area contributed by atoms with E-state index in [4.69, 9.17) is 4.74 Å². The van der Waals surface area contributed by atoms with Gasteiger partial charge in [0, 0.05) is 32.7 Å². The van der Waals surface area contributed by atoms with Crippen LogP contribution in [0.2, 0.25) is 0 Å². The van der Waals surface area contributed by atoms with Gasteiger partial charge in [0.15, 0.2) is 0 Å². The van der Waals surface area contributed by atoms with Crippen molar-refractivity contribution in [2.24, 2.45) is 0 Å². The summed E-state index contributed by atoms with van der Waals surface area (Å²) in [5.41, 5.74) is 0.658. The Morgan fingerprint density at radius 3 is 2.33 bits per heavy atom. The second kappa shape index (κ2) is 8.13. The molecular formula is C19H23FN2O2. The number of para-hydroxylation sites is 2. The van der Waals surface area contributed by atoms with Crippen LogP contribution in [0, 0.1) is 5.82 Å². The third kappa shape index (κ3) is 4.46. The highest BCUT2D eigenvalue weighted by Gasteiger charge is 2.21. The number of ether oxygens (including phenoxy) is 1. The highest BCUT2D eigenvalue weighted by atomic mass is 19.1. The van der Waals surface area contributed by atoms with Crippen molar-refractivity contribution in [1.29, 1.82) is 0 Å². The number of halogens is 1. The number of rotatable bonds is 6. The summed E-state index contributed by atoms with van der Waals surface area (Å²) in [5, 5.41) is 10.1. The zero-order valence-corrected chi connectivity index (χ0v) is 13.6. The van der Waals surface area contributed by atoms with Crippen molar-refractivity contribution >= 4 is 5.69 Å². The predicted octanol–water partition coefficient (Wildman–Crippen LogP) is 2.39. The van der Waals surface area contributed by atoms with Gasteiger partial charge in [0.1, 0.15) is 24.3 Å². The van der Waals surface area contributed by atoms with Gasteiger partial charge < -0.3 is 14.7 Å². The maximum Gasteiger partial charge on any atom is 0.146 e. The lowest BCUT2D eigenvalue weighted by Gasteiger charge is -2.36. The molecule has 1 saturated heterocycles. The maximum atomic E-state index is 13.8. The molecule has 0 radical (unpaired) electrons. The SMILES string of the molecule is O[C@@H](COc1ccccc1)CN1CCN(c2ccccc2F)CC1. The van der Waals surface area contributed by atoms with E-state index in [-0.39, 0.29) is 12.4 Å². The summed E-state index contributed by atoms with van der Waals surface area (Å²) >= 11 is 0. The number of anilines is 1. The number of aliphatic hydroxyl groups is 1. The van der Waals surface area contributed by atoms with Gasteiger partial charge in [-0.2, -0.15) is 0 Å². The van der Waals surface area contributed by atoms with Crippen molar-refractivity contribution in [2.75, 3.05) is 44.2 Å². The van der Waals surface area contributed by atoms with Gasteiger partial charge in [-0.15, -0.1) is 0 Å². The Morgan fingerprint density at radius 1 is 0.958 bits per heavy atom. The van der Waals surface area contributed by atoms with Gasteiger partial charge in [-0.1, -0.05) is 30.3 Å². The molecule has 0 saturated carbocycles. The Balaban J connectivity index is 1.43. The van der Waals surface area contributed by atoms with E-state index in [0.29, 0.717) is 12.2 Å². The molecular weight excluding hydrogens is 307 g/mol. The first-order valence-electron chi connectivity index (χ1n) is 8.30. The maximum absolute atomic E-state index is 13.8. The Kier molecular flexibility index (Phi) is 5.67. The molecule has 4 nitrogen and oxygen atoms in total. The van der Waals surface area contributed by atoms with Crippen LogP contribution in [0.25, 0.3) is 0 Å². The first-order chi connectivity index (χ1) is 11.7. The molecule has 2 aromatic carbocycles. The van der Waals surface area contributed by atoms with E-state index in [1.165, 1.54) is 6.07 Å². The van der Waals surface area contributed by atoms with Gasteiger partial charge in [0.25, 0.3) is 0 Å². The van der Waals surface area contributed by atoms with E-state index >= 15 is 0 Å². The fraction of sp³-hybridized carbons (Fsp3) is 0.368. The summed E-state index contributed by atoms with van der Waals surface area (Å²) in [6.45, 7) is 3.96. The Bertz CT molecular complexity index is 630. The molecule has 0 bridgehead atoms. The van der Waals surface area contributed by atoms with E-state index < -0.39 is 6.10 Å². The monoisotopic (exact) mass is 330 g/mol. The lowest BCUT2D eigenvalue weighted by Crippen LogP contribution is -2.49. The minimum atomic E-state index is -0.537. The molecule has 0 unspecified atom stereocenters. The molecule has 1 N–H and O–H groups in total. The molecule has 1 fully saturated rings. The second-order valence-corrected chi connectivity index (χ2v) is 6.02. The normalized spacial score (nSPS) is 16.8. The van der Waals surface area contributed by atoms with E-state index in [2.05, 4.69) is 9.80 Å². The fourth-order valence-corrected chi connectivity index (χ4v) is 2.94. The van der Waals surface area contributed by atoms with Gasteiger partial charge in [-0.25, -0.2) is 4.39 Å². The number of benzene rings is 2. The summed E-state index contributed by atoms with van der Waals surface area (Å²) < 4.78 is 19.4. The predicted molar refractivity (Wildman–Crippen MR) is 93.0 cm³/mol. The van der Waals surface area contributed by atoms with Crippen molar-refractivity contribution in [3.05, 3.63) is 60.4 Å². The van der Waals surface area contributed by atoms with Crippen LogP contribution in [0.15, 0.2) is 54.6 Å². The zero-order chi connectivity index (χ0) is 16.8. The van der Waals surface area contributed by atoms with Gasteiger partial charge in [-0.3, -0.25) is 4.90 Å². The second-order valence-electron chi connectivity index (χ2n) is 6.02. The summed E-state index contributed by atoms with van der Waals surface area (Å²) in [5.74, 6) is 0.586. The summed E-state index contributed by atoms with van der Waals surface area (Å²) in [6, 6.07) is 16.4. The van der Waals surface area contributed by atoms with Gasteiger partial charge in [0.2, 0.25) is 0 Å². The number of piperazine rings is 1. The molecule has 0 amide bonds. The van der Waals surface area contributed by atoms with Crippen LogP contribution in [0.3, 0.4) is 0 Å². The molecule has 1 atom stereocenters. The van der Waals surface area contributed by atoms with Crippen molar-refractivity contribution < 1.29 is 14.2 Å². The number of hydrogen-bond donors (Lipinski definition) is 1. The minimum absolute atomic E-state index is 0.178. The quantitative estimate of drug-likeness (QED) is 0.882. The van der Waals surface area contributed by atoms with E-state index in [1.54, 1.807) is 6.07 Å². The van der Waals surface area contributed by atoms with Crippen LogP contribution in [-0.2, 0) is 0 Å². The van der Waals surface area contributed by atoms with Gasteiger partial charge in [-0.05, 0) is 24.3 Å². The highest BCUT2D eigenvalue weighted by Crippen LogP contribution is 2.20. The van der Waals surface area contributed by atoms with Gasteiger partial charge >= 0.3 is 0 Å². The summed E-state index contributed by atoms with van der Waals surface area (Å²) in [6.07, 6.45) is -0.537. The van der Waals surface area contributed by atoms with Crippen LogP contribution >= 0.6 is 0 Å². The average Bonchev–Trinajstić information content (AvgIpc) is 2.62.